The van der Waals surface area contributed by atoms with Crippen LogP contribution in [0, 0.1) is 0 Å². The largest absolute Gasteiger partial charge is 0.506 e. The predicted molar refractivity (Wildman–Crippen MR) is 78.2 cm³/mol. The molecule has 0 unspecified atom stereocenters. The fourth-order valence-corrected chi connectivity index (χ4v) is 2.46. The minimum atomic E-state index is -3.70. The number of hydrogen-bond donors (Lipinski definition) is 3. The van der Waals surface area contributed by atoms with E-state index in [9.17, 15) is 13.5 Å². The van der Waals surface area contributed by atoms with Crippen molar-refractivity contribution in [3.8, 4) is 5.75 Å². The first-order valence-electron chi connectivity index (χ1n) is 5.63. The van der Waals surface area contributed by atoms with Crippen molar-refractivity contribution in [2.45, 2.75) is 37.6 Å². The quantitative estimate of drug-likeness (QED) is 0.788. The molecule has 0 saturated heterocycles. The molecule has 4 N–H and O–H groups in total. The van der Waals surface area contributed by atoms with Gasteiger partial charge in [-0.2, -0.15) is 0 Å². The molecular weight excluding hydrogens is 288 g/mol. The lowest BCUT2D eigenvalue weighted by Gasteiger charge is -2.22. The Bertz CT molecular complexity index is 551. The summed E-state index contributed by atoms with van der Waals surface area (Å²) >= 11 is 0. The SMILES string of the molecule is CNS(=O)(=O)c1cc(C(C)(C)C)cc(CN)c1O.Cl. The fraction of sp³-hybridized carbons (Fsp3) is 0.500. The third-order valence-electron chi connectivity index (χ3n) is 2.80. The van der Waals surface area contributed by atoms with Crippen molar-refractivity contribution in [1.82, 2.24) is 4.72 Å². The van der Waals surface area contributed by atoms with Gasteiger partial charge < -0.3 is 10.8 Å². The van der Waals surface area contributed by atoms with Crippen LogP contribution in [-0.4, -0.2) is 20.6 Å². The average Bonchev–Trinajstić information content (AvgIpc) is 2.27. The molecule has 1 aromatic rings. The lowest BCUT2D eigenvalue weighted by Crippen LogP contribution is -2.21. The minimum absolute atomic E-state index is 0. The summed E-state index contributed by atoms with van der Waals surface area (Å²) in [6.45, 7) is 5.99. The summed E-state index contributed by atoms with van der Waals surface area (Å²) in [5.41, 5.74) is 6.56. The molecule has 0 amide bonds. The Kier molecular flexibility index (Phi) is 5.83. The Morgan fingerprint density at radius 2 is 1.84 bits per heavy atom. The van der Waals surface area contributed by atoms with E-state index >= 15 is 0 Å². The number of phenolic OH excluding ortho intramolecular Hbond substituents is 1. The maximum atomic E-state index is 11.9. The number of benzene rings is 1. The molecular formula is C12H21ClN2O3S. The van der Waals surface area contributed by atoms with Crippen LogP contribution in [0.1, 0.15) is 31.9 Å². The van der Waals surface area contributed by atoms with E-state index in [1.807, 2.05) is 20.8 Å². The van der Waals surface area contributed by atoms with E-state index in [0.29, 0.717) is 5.56 Å². The molecule has 5 nitrogen and oxygen atoms in total. The zero-order valence-corrected chi connectivity index (χ0v) is 13.2. The number of hydrogen-bond acceptors (Lipinski definition) is 4. The molecule has 19 heavy (non-hydrogen) atoms. The predicted octanol–water partition coefficient (Wildman–Crippen LogP) is 1.48. The first kappa shape index (κ1) is 18.2. The monoisotopic (exact) mass is 308 g/mol. The maximum absolute atomic E-state index is 11.9. The first-order valence-corrected chi connectivity index (χ1v) is 7.11. The summed E-state index contributed by atoms with van der Waals surface area (Å²) in [6, 6.07) is 3.23. The van der Waals surface area contributed by atoms with Gasteiger partial charge in [-0.15, -0.1) is 12.4 Å². The molecule has 0 atom stereocenters. The van der Waals surface area contributed by atoms with Crippen LogP contribution in [0.15, 0.2) is 17.0 Å². The Balaban J connectivity index is 0.00000324. The normalized spacial score (nSPS) is 12.1. The van der Waals surface area contributed by atoms with Crippen molar-refractivity contribution >= 4 is 22.4 Å². The summed E-state index contributed by atoms with van der Waals surface area (Å²) in [5.74, 6) is -0.278. The minimum Gasteiger partial charge on any atom is -0.506 e. The fourth-order valence-electron chi connectivity index (χ4n) is 1.57. The number of nitrogens with one attached hydrogen (secondary N) is 1. The van der Waals surface area contributed by atoms with Crippen LogP contribution in [0.3, 0.4) is 0 Å². The van der Waals surface area contributed by atoms with Crippen LogP contribution in [0.2, 0.25) is 0 Å². The highest BCUT2D eigenvalue weighted by atomic mass is 35.5. The molecule has 0 saturated carbocycles. The van der Waals surface area contributed by atoms with Crippen LogP contribution in [-0.2, 0) is 22.0 Å². The van der Waals surface area contributed by atoms with Crippen LogP contribution in [0.5, 0.6) is 5.75 Å². The second-order valence-corrected chi connectivity index (χ2v) is 7.00. The van der Waals surface area contributed by atoms with Crippen molar-refractivity contribution in [3.63, 3.8) is 0 Å². The van der Waals surface area contributed by atoms with E-state index in [1.54, 1.807) is 6.07 Å². The second-order valence-electron chi connectivity index (χ2n) is 5.14. The van der Waals surface area contributed by atoms with E-state index in [2.05, 4.69) is 4.72 Å². The van der Waals surface area contributed by atoms with Crippen LogP contribution in [0.4, 0.5) is 0 Å². The van der Waals surface area contributed by atoms with Crippen LogP contribution in [0.25, 0.3) is 0 Å². The van der Waals surface area contributed by atoms with Gasteiger partial charge in [-0.1, -0.05) is 26.8 Å². The van der Waals surface area contributed by atoms with E-state index in [4.69, 9.17) is 5.73 Å². The van der Waals surface area contributed by atoms with Gasteiger partial charge in [0.15, 0.2) is 0 Å². The Labute approximate surface area is 120 Å². The molecule has 1 rings (SSSR count). The molecule has 0 aliphatic heterocycles. The number of rotatable bonds is 3. The zero-order chi connectivity index (χ0) is 14.1. The van der Waals surface area contributed by atoms with E-state index in [-0.39, 0.29) is 35.0 Å². The summed E-state index contributed by atoms with van der Waals surface area (Å²) in [7, 11) is -2.39. The molecule has 0 heterocycles. The van der Waals surface area contributed by atoms with Crippen molar-refractivity contribution < 1.29 is 13.5 Å². The van der Waals surface area contributed by atoms with Crippen LogP contribution < -0.4 is 10.5 Å². The van der Waals surface area contributed by atoms with Gasteiger partial charge in [-0.25, -0.2) is 13.1 Å². The number of nitrogens with two attached hydrogens (primary N) is 1. The van der Waals surface area contributed by atoms with Gasteiger partial charge >= 0.3 is 0 Å². The third-order valence-corrected chi connectivity index (χ3v) is 4.23. The van der Waals surface area contributed by atoms with Gasteiger partial charge in [0.05, 0.1) is 0 Å². The first-order chi connectivity index (χ1) is 8.13. The number of aromatic hydroxyl groups is 1. The Morgan fingerprint density at radius 3 is 2.21 bits per heavy atom. The molecule has 0 aliphatic carbocycles. The molecule has 0 radical (unpaired) electrons. The zero-order valence-electron chi connectivity index (χ0n) is 11.5. The summed E-state index contributed by atoms with van der Waals surface area (Å²) < 4.78 is 25.9. The molecule has 0 spiro atoms. The summed E-state index contributed by atoms with van der Waals surface area (Å²) in [4.78, 5) is -0.127. The van der Waals surface area contributed by atoms with E-state index < -0.39 is 10.0 Å². The molecule has 0 fully saturated rings. The van der Waals surface area contributed by atoms with Crippen molar-refractivity contribution in [2.24, 2.45) is 5.73 Å². The molecule has 7 heteroatoms. The van der Waals surface area contributed by atoms with Crippen molar-refractivity contribution in [3.05, 3.63) is 23.3 Å². The maximum Gasteiger partial charge on any atom is 0.244 e. The summed E-state index contributed by atoms with van der Waals surface area (Å²) in [6.07, 6.45) is 0. The Morgan fingerprint density at radius 1 is 1.32 bits per heavy atom. The molecule has 0 aliphatic rings. The smallest absolute Gasteiger partial charge is 0.244 e. The van der Waals surface area contributed by atoms with Gasteiger partial charge in [-0.3, -0.25) is 0 Å². The highest BCUT2D eigenvalue weighted by Gasteiger charge is 2.24. The molecule has 0 bridgehead atoms. The van der Waals surface area contributed by atoms with Gasteiger partial charge in [0.25, 0.3) is 0 Å². The highest BCUT2D eigenvalue weighted by Crippen LogP contribution is 2.33. The molecule has 110 valence electrons. The van der Waals surface area contributed by atoms with Crippen molar-refractivity contribution in [1.29, 1.82) is 0 Å². The molecule has 1 aromatic carbocycles. The van der Waals surface area contributed by atoms with Crippen LogP contribution >= 0.6 is 12.4 Å². The standard InChI is InChI=1S/C12H20N2O3S.ClH/c1-12(2,3)9-5-8(7-13)11(15)10(6-9)18(16,17)14-4;/h5-6,14-15H,7,13H2,1-4H3;1H. The Hall–Kier alpha value is -0.820. The topological polar surface area (TPSA) is 92.4 Å². The van der Waals surface area contributed by atoms with Gasteiger partial charge in [0.2, 0.25) is 10.0 Å². The lowest BCUT2D eigenvalue weighted by molar-refractivity contribution is 0.449. The van der Waals surface area contributed by atoms with Gasteiger partial charge in [-0.05, 0) is 24.1 Å². The van der Waals surface area contributed by atoms with E-state index in [0.717, 1.165) is 5.56 Å². The van der Waals surface area contributed by atoms with E-state index in [1.165, 1.54) is 13.1 Å². The lowest BCUT2D eigenvalue weighted by atomic mass is 9.86. The van der Waals surface area contributed by atoms with Crippen molar-refractivity contribution in [2.75, 3.05) is 7.05 Å². The van der Waals surface area contributed by atoms with Gasteiger partial charge in [0.1, 0.15) is 10.6 Å². The average molecular weight is 309 g/mol. The number of halogens is 1. The third kappa shape index (κ3) is 3.82. The number of phenols is 1. The highest BCUT2D eigenvalue weighted by molar-refractivity contribution is 7.89. The second kappa shape index (κ2) is 6.09. The molecule has 0 aromatic heterocycles. The number of sulfonamides is 1. The summed E-state index contributed by atoms with van der Waals surface area (Å²) in [5, 5.41) is 9.95. The van der Waals surface area contributed by atoms with Gasteiger partial charge in [0, 0.05) is 12.1 Å².